The van der Waals surface area contributed by atoms with Gasteiger partial charge in [0.1, 0.15) is 5.01 Å². The molecule has 0 unspecified atom stereocenters. The fourth-order valence-corrected chi connectivity index (χ4v) is 4.34. The number of non-ortho nitro benzene ring substituents is 1. The Kier molecular flexibility index (Phi) is 7.88. The average Bonchev–Trinajstić information content (AvgIpc) is 3.26. The number of carbonyl (C=O) groups excluding carboxylic acids is 2. The van der Waals surface area contributed by atoms with Gasteiger partial charge in [-0.1, -0.05) is 19.3 Å². The second-order valence-electron chi connectivity index (χ2n) is 7.29. The van der Waals surface area contributed by atoms with Gasteiger partial charge in [-0.3, -0.25) is 14.9 Å². The largest absolute Gasteiger partial charge is 0.461 e. The zero-order valence-electron chi connectivity index (χ0n) is 17.4. The molecule has 164 valence electrons. The van der Waals surface area contributed by atoms with E-state index in [1.54, 1.807) is 30.5 Å². The first-order chi connectivity index (χ1) is 15.0. The van der Waals surface area contributed by atoms with E-state index in [1.165, 1.54) is 36.0 Å². The Morgan fingerprint density at radius 1 is 1.26 bits per heavy atom. The van der Waals surface area contributed by atoms with Crippen LogP contribution in [0.4, 0.5) is 5.69 Å². The van der Waals surface area contributed by atoms with Crippen LogP contribution in [0.2, 0.25) is 0 Å². The fourth-order valence-electron chi connectivity index (χ4n) is 3.58. The van der Waals surface area contributed by atoms with E-state index < -0.39 is 10.9 Å². The highest BCUT2D eigenvalue weighted by molar-refractivity contribution is 7.09. The topological polar surface area (TPSA) is 103 Å². The summed E-state index contributed by atoms with van der Waals surface area (Å²) in [7, 11) is 0. The Labute approximate surface area is 184 Å². The summed E-state index contributed by atoms with van der Waals surface area (Å²) in [5.74, 6) is -0.600. The summed E-state index contributed by atoms with van der Waals surface area (Å²) in [6.45, 7) is 2.36. The minimum absolute atomic E-state index is 0.00785. The number of carbonyl (C=O) groups is 2. The Bertz CT molecular complexity index is 948. The fraction of sp³-hybridized carbons (Fsp3) is 0.409. The molecule has 0 N–H and O–H groups in total. The molecule has 1 aliphatic carbocycles. The molecular formula is C22H25N3O5S. The SMILES string of the molecule is CCOC(=O)c1csc(CN(C(=O)C=Cc2ccc([N+](=O)[O-])cc2)C2CCCCC2)n1. The quantitative estimate of drug-likeness (QED) is 0.256. The van der Waals surface area contributed by atoms with Crippen LogP contribution in [0.3, 0.4) is 0 Å². The Hall–Kier alpha value is -3.07. The standard InChI is InChI=1S/C22H25N3O5S/c1-2-30-22(27)19-15-31-20(23-19)14-24(17-6-4-3-5-7-17)21(26)13-10-16-8-11-18(12-9-16)25(28)29/h8-13,15,17H,2-7,14H2,1H3. The van der Waals surface area contributed by atoms with E-state index in [0.29, 0.717) is 17.1 Å². The zero-order valence-corrected chi connectivity index (χ0v) is 18.2. The van der Waals surface area contributed by atoms with Crippen LogP contribution in [0.5, 0.6) is 0 Å². The number of nitrogens with zero attached hydrogens (tertiary/aromatic N) is 3. The van der Waals surface area contributed by atoms with Gasteiger partial charge in [0, 0.05) is 29.6 Å². The molecule has 0 atom stereocenters. The van der Waals surface area contributed by atoms with E-state index in [1.807, 2.05) is 4.90 Å². The number of hydrogen-bond acceptors (Lipinski definition) is 7. The van der Waals surface area contributed by atoms with Crippen molar-refractivity contribution in [3.05, 3.63) is 62.1 Å². The van der Waals surface area contributed by atoms with Gasteiger partial charge in [-0.2, -0.15) is 0 Å². The van der Waals surface area contributed by atoms with E-state index in [2.05, 4.69) is 4.98 Å². The number of thiazole rings is 1. The van der Waals surface area contributed by atoms with E-state index in [0.717, 1.165) is 25.7 Å². The van der Waals surface area contributed by atoms with Crippen molar-refractivity contribution in [1.82, 2.24) is 9.88 Å². The predicted molar refractivity (Wildman–Crippen MR) is 118 cm³/mol. The molecule has 1 aromatic carbocycles. The second kappa shape index (κ2) is 10.8. The predicted octanol–water partition coefficient (Wildman–Crippen LogP) is 4.60. The van der Waals surface area contributed by atoms with Crippen LogP contribution in [0.15, 0.2) is 35.7 Å². The van der Waals surface area contributed by atoms with Gasteiger partial charge in [0.15, 0.2) is 5.69 Å². The van der Waals surface area contributed by atoms with E-state index in [9.17, 15) is 19.7 Å². The van der Waals surface area contributed by atoms with E-state index >= 15 is 0 Å². The van der Waals surface area contributed by atoms with Crippen molar-refractivity contribution in [1.29, 1.82) is 0 Å². The summed E-state index contributed by atoms with van der Waals surface area (Å²) in [6, 6.07) is 6.17. The van der Waals surface area contributed by atoms with Gasteiger partial charge >= 0.3 is 5.97 Å². The molecule has 31 heavy (non-hydrogen) atoms. The van der Waals surface area contributed by atoms with Crippen molar-refractivity contribution >= 4 is 35.0 Å². The molecule has 0 aliphatic heterocycles. The number of nitro groups is 1. The van der Waals surface area contributed by atoms with Crippen LogP contribution in [-0.4, -0.2) is 39.3 Å². The first kappa shape index (κ1) is 22.6. The zero-order chi connectivity index (χ0) is 22.2. The normalized spacial score (nSPS) is 14.5. The molecule has 0 bridgehead atoms. The third-order valence-corrected chi connectivity index (χ3v) is 6.00. The van der Waals surface area contributed by atoms with E-state index in [4.69, 9.17) is 4.74 Å². The molecule has 1 heterocycles. The third-order valence-electron chi connectivity index (χ3n) is 5.16. The Morgan fingerprint density at radius 3 is 2.61 bits per heavy atom. The van der Waals surface area contributed by atoms with Gasteiger partial charge < -0.3 is 9.64 Å². The van der Waals surface area contributed by atoms with Gasteiger partial charge in [0.05, 0.1) is 18.1 Å². The lowest BCUT2D eigenvalue weighted by molar-refractivity contribution is -0.384. The molecule has 9 heteroatoms. The summed E-state index contributed by atoms with van der Waals surface area (Å²) >= 11 is 1.34. The average molecular weight is 444 g/mol. The van der Waals surface area contributed by atoms with E-state index in [-0.39, 0.29) is 29.9 Å². The maximum atomic E-state index is 13.1. The summed E-state index contributed by atoms with van der Waals surface area (Å²) in [5, 5.41) is 13.1. The van der Waals surface area contributed by atoms with Crippen LogP contribution >= 0.6 is 11.3 Å². The molecule has 8 nitrogen and oxygen atoms in total. The van der Waals surface area contributed by atoms with Gasteiger partial charge in [-0.25, -0.2) is 9.78 Å². The molecule has 0 radical (unpaired) electrons. The first-order valence-corrected chi connectivity index (χ1v) is 11.2. The molecule has 1 amide bonds. The lowest BCUT2D eigenvalue weighted by atomic mass is 9.94. The van der Waals surface area contributed by atoms with Gasteiger partial charge in [0.2, 0.25) is 5.91 Å². The highest BCUT2D eigenvalue weighted by Gasteiger charge is 2.25. The highest BCUT2D eigenvalue weighted by atomic mass is 32.1. The van der Waals surface area contributed by atoms with Crippen LogP contribution in [0, 0.1) is 10.1 Å². The van der Waals surface area contributed by atoms with Gasteiger partial charge in [-0.05, 0) is 43.5 Å². The summed E-state index contributed by atoms with van der Waals surface area (Å²) in [6.07, 6.45) is 8.35. The van der Waals surface area contributed by atoms with Crippen LogP contribution in [0.25, 0.3) is 6.08 Å². The smallest absolute Gasteiger partial charge is 0.357 e. The maximum absolute atomic E-state index is 13.1. The van der Waals surface area contributed by atoms with Crippen molar-refractivity contribution in [2.24, 2.45) is 0 Å². The molecule has 2 aromatic rings. The molecule has 1 fully saturated rings. The maximum Gasteiger partial charge on any atom is 0.357 e. The number of benzene rings is 1. The number of nitro benzene ring substituents is 1. The number of hydrogen-bond donors (Lipinski definition) is 0. The lowest BCUT2D eigenvalue weighted by Gasteiger charge is -2.33. The number of ether oxygens (including phenoxy) is 1. The molecule has 0 saturated heterocycles. The van der Waals surface area contributed by atoms with Crippen molar-refractivity contribution in [3.8, 4) is 0 Å². The Balaban J connectivity index is 1.74. The first-order valence-electron chi connectivity index (χ1n) is 10.3. The van der Waals surface area contributed by atoms with Crippen LogP contribution in [-0.2, 0) is 16.1 Å². The molecular weight excluding hydrogens is 418 g/mol. The lowest BCUT2D eigenvalue weighted by Crippen LogP contribution is -2.40. The number of esters is 1. The van der Waals surface area contributed by atoms with Crippen LogP contribution in [0.1, 0.15) is 60.1 Å². The third kappa shape index (κ3) is 6.21. The summed E-state index contributed by atoms with van der Waals surface area (Å²) in [4.78, 5) is 41.4. The van der Waals surface area contributed by atoms with Gasteiger partial charge in [0.25, 0.3) is 5.69 Å². The summed E-state index contributed by atoms with van der Waals surface area (Å²) in [5.41, 5.74) is 0.981. The van der Waals surface area contributed by atoms with Crippen molar-refractivity contribution in [3.63, 3.8) is 0 Å². The molecule has 1 aromatic heterocycles. The molecule has 1 aliphatic rings. The monoisotopic (exact) mass is 443 g/mol. The minimum Gasteiger partial charge on any atom is -0.461 e. The molecule has 0 spiro atoms. The molecule has 3 rings (SSSR count). The number of aromatic nitrogens is 1. The second-order valence-corrected chi connectivity index (χ2v) is 8.23. The minimum atomic E-state index is -0.460. The van der Waals surface area contributed by atoms with Crippen molar-refractivity contribution in [2.45, 2.75) is 51.6 Å². The molecule has 1 saturated carbocycles. The van der Waals surface area contributed by atoms with Crippen LogP contribution < -0.4 is 0 Å². The number of rotatable bonds is 8. The van der Waals surface area contributed by atoms with Crippen molar-refractivity contribution < 1.29 is 19.2 Å². The van der Waals surface area contributed by atoms with Gasteiger partial charge in [-0.15, -0.1) is 11.3 Å². The van der Waals surface area contributed by atoms with Crippen molar-refractivity contribution in [2.75, 3.05) is 6.61 Å². The Morgan fingerprint density at radius 2 is 1.97 bits per heavy atom. The highest BCUT2D eigenvalue weighted by Crippen LogP contribution is 2.25. The number of amides is 1. The summed E-state index contributed by atoms with van der Waals surface area (Å²) < 4.78 is 4.99.